The highest BCUT2D eigenvalue weighted by molar-refractivity contribution is 5.13. The van der Waals surface area contributed by atoms with E-state index >= 15 is 0 Å². The van der Waals surface area contributed by atoms with Crippen molar-refractivity contribution in [2.24, 2.45) is 35.5 Å². The molecule has 0 bridgehead atoms. The van der Waals surface area contributed by atoms with Gasteiger partial charge in [-0.2, -0.15) is 0 Å². The minimum absolute atomic E-state index is 0.774. The van der Waals surface area contributed by atoms with Gasteiger partial charge in [0, 0.05) is 0 Å². The van der Waals surface area contributed by atoms with Crippen LogP contribution in [0.1, 0.15) is 96.8 Å². The summed E-state index contributed by atoms with van der Waals surface area (Å²) in [5.41, 5.74) is 1.62. The summed E-state index contributed by atoms with van der Waals surface area (Å²) in [6.07, 6.45) is 26.9. The van der Waals surface area contributed by atoms with Gasteiger partial charge in [0.05, 0.1) is 0 Å². The van der Waals surface area contributed by atoms with Crippen LogP contribution in [0.3, 0.4) is 0 Å². The lowest BCUT2D eigenvalue weighted by Gasteiger charge is -2.37. The molecule has 0 heterocycles. The van der Waals surface area contributed by atoms with Crippen LogP contribution in [0.5, 0.6) is 0 Å². The predicted octanol–water partition coefficient (Wildman–Crippen LogP) is 8.50. The van der Waals surface area contributed by atoms with E-state index in [-0.39, 0.29) is 0 Å². The average molecular weight is 369 g/mol. The van der Waals surface area contributed by atoms with Gasteiger partial charge in [-0.3, -0.25) is 0 Å². The van der Waals surface area contributed by atoms with Gasteiger partial charge < -0.3 is 0 Å². The van der Waals surface area contributed by atoms with Gasteiger partial charge >= 0.3 is 0 Å². The Hall–Kier alpha value is -0.780. The molecule has 0 aromatic heterocycles. The lowest BCUT2D eigenvalue weighted by Crippen LogP contribution is -2.25. The van der Waals surface area contributed by atoms with E-state index in [2.05, 4.69) is 38.3 Å². The first kappa shape index (κ1) is 20.9. The molecule has 3 fully saturated rings. The maximum absolute atomic E-state index is 4.65. The van der Waals surface area contributed by atoms with Crippen LogP contribution in [0.25, 0.3) is 0 Å². The fourth-order valence-corrected chi connectivity index (χ4v) is 6.10. The Labute approximate surface area is 169 Å². The van der Waals surface area contributed by atoms with Crippen molar-refractivity contribution in [1.82, 2.24) is 0 Å². The van der Waals surface area contributed by atoms with Crippen molar-refractivity contribution in [2.45, 2.75) is 96.8 Å². The smallest absolute Gasteiger partial charge is 0.0140 e. The summed E-state index contributed by atoms with van der Waals surface area (Å²) in [4.78, 5) is 0. The van der Waals surface area contributed by atoms with Crippen LogP contribution in [0.2, 0.25) is 0 Å². The van der Waals surface area contributed by atoms with E-state index in [1.54, 1.807) is 5.57 Å². The van der Waals surface area contributed by atoms with Gasteiger partial charge in [-0.1, -0.05) is 63.0 Å². The molecular formula is C27H44. The second-order valence-electron chi connectivity index (χ2n) is 10.1. The molecule has 0 spiro atoms. The molecule has 0 aliphatic heterocycles. The molecule has 0 aromatic carbocycles. The van der Waals surface area contributed by atoms with Crippen LogP contribution >= 0.6 is 0 Å². The molecular weight excluding hydrogens is 324 g/mol. The average Bonchev–Trinajstić information content (AvgIpc) is 2.72. The van der Waals surface area contributed by atoms with Crippen molar-refractivity contribution in [3.05, 3.63) is 37.0 Å². The first-order valence-corrected chi connectivity index (χ1v) is 12.1. The van der Waals surface area contributed by atoms with E-state index < -0.39 is 0 Å². The highest BCUT2D eigenvalue weighted by Gasteiger charge is 2.30. The second-order valence-corrected chi connectivity index (χ2v) is 10.1. The maximum atomic E-state index is 4.65. The molecule has 0 saturated heterocycles. The third kappa shape index (κ3) is 6.10. The number of hydrogen-bond donors (Lipinski definition) is 0. The predicted molar refractivity (Wildman–Crippen MR) is 120 cm³/mol. The summed E-state index contributed by atoms with van der Waals surface area (Å²) in [6.45, 7) is 11.1. The number of allylic oxidation sites excluding steroid dienone is 4. The molecule has 3 aliphatic rings. The Morgan fingerprint density at radius 3 is 2.30 bits per heavy atom. The minimum Gasteiger partial charge on any atom is -0.103 e. The fourth-order valence-electron chi connectivity index (χ4n) is 6.10. The summed E-state index contributed by atoms with van der Waals surface area (Å²) in [5.74, 6) is 5.08. The van der Waals surface area contributed by atoms with Crippen molar-refractivity contribution >= 4 is 0 Å². The number of rotatable bonds is 7. The van der Waals surface area contributed by atoms with Gasteiger partial charge in [0.2, 0.25) is 0 Å². The molecule has 152 valence electrons. The first-order valence-electron chi connectivity index (χ1n) is 12.1. The van der Waals surface area contributed by atoms with E-state index in [1.807, 2.05) is 0 Å². The summed E-state index contributed by atoms with van der Waals surface area (Å²) in [6, 6.07) is 0. The molecule has 0 aromatic rings. The third-order valence-corrected chi connectivity index (χ3v) is 8.19. The summed E-state index contributed by atoms with van der Waals surface area (Å²) < 4.78 is 0. The van der Waals surface area contributed by atoms with Crippen molar-refractivity contribution in [1.29, 1.82) is 0 Å². The lowest BCUT2D eigenvalue weighted by atomic mass is 9.68. The van der Waals surface area contributed by atoms with Gasteiger partial charge in [0.25, 0.3) is 0 Å². The minimum atomic E-state index is 0.774. The second kappa shape index (κ2) is 10.7. The van der Waals surface area contributed by atoms with Gasteiger partial charge in [-0.15, -0.1) is 6.58 Å². The summed E-state index contributed by atoms with van der Waals surface area (Å²) in [5, 5.41) is 0. The molecule has 3 rings (SSSR count). The monoisotopic (exact) mass is 368 g/mol. The molecule has 2 atom stereocenters. The largest absolute Gasteiger partial charge is 0.103 e. The third-order valence-electron chi connectivity index (χ3n) is 8.19. The molecule has 3 saturated carbocycles. The Morgan fingerprint density at radius 1 is 0.889 bits per heavy atom. The summed E-state index contributed by atoms with van der Waals surface area (Å²) in [7, 11) is 0. The Bertz CT molecular complexity index is 482. The lowest BCUT2D eigenvalue weighted by molar-refractivity contribution is 0.258. The Morgan fingerprint density at radius 2 is 1.59 bits per heavy atom. The van der Waals surface area contributed by atoms with Crippen molar-refractivity contribution in [2.75, 3.05) is 0 Å². The zero-order valence-electron chi connectivity index (χ0n) is 18.0. The van der Waals surface area contributed by atoms with E-state index in [1.165, 1.54) is 89.9 Å². The SMILES string of the molecule is C=CC1CCC(CC/C=C/C2CCCCC2C(=C)C2CCC(C)CC2)CC1. The van der Waals surface area contributed by atoms with Gasteiger partial charge in [0.15, 0.2) is 0 Å². The molecule has 0 heteroatoms. The normalized spacial score (nSPS) is 38.0. The van der Waals surface area contributed by atoms with Crippen LogP contribution in [0, 0.1) is 35.5 Å². The van der Waals surface area contributed by atoms with Gasteiger partial charge in [0.1, 0.15) is 0 Å². The zero-order valence-corrected chi connectivity index (χ0v) is 18.0. The standard InChI is InChI=1S/C27H44/c1-4-23-15-17-24(18-16-23)9-5-6-10-26-11-7-8-12-27(26)22(3)25-19-13-21(2)14-20-25/h4,6,10,21,23-27H,1,3,5,7-9,11-20H2,2H3/b10-6+. The van der Waals surface area contributed by atoms with Crippen LogP contribution in [-0.4, -0.2) is 0 Å². The van der Waals surface area contributed by atoms with Crippen molar-refractivity contribution in [3.63, 3.8) is 0 Å². The van der Waals surface area contributed by atoms with Gasteiger partial charge in [-0.25, -0.2) is 0 Å². The Balaban J connectivity index is 1.45. The molecule has 0 amide bonds. The van der Waals surface area contributed by atoms with E-state index in [4.69, 9.17) is 0 Å². The van der Waals surface area contributed by atoms with Crippen LogP contribution in [-0.2, 0) is 0 Å². The molecule has 2 unspecified atom stereocenters. The van der Waals surface area contributed by atoms with Crippen LogP contribution in [0.15, 0.2) is 37.0 Å². The van der Waals surface area contributed by atoms with Gasteiger partial charge in [-0.05, 0) is 99.7 Å². The molecule has 0 nitrogen and oxygen atoms in total. The van der Waals surface area contributed by atoms with Crippen LogP contribution < -0.4 is 0 Å². The molecule has 3 aliphatic carbocycles. The van der Waals surface area contributed by atoms with E-state index in [9.17, 15) is 0 Å². The molecule has 0 radical (unpaired) electrons. The molecule has 0 N–H and O–H groups in total. The topological polar surface area (TPSA) is 0 Å². The Kier molecular flexibility index (Phi) is 8.28. The highest BCUT2D eigenvalue weighted by atomic mass is 14.4. The zero-order chi connectivity index (χ0) is 19.1. The first-order chi connectivity index (χ1) is 13.2. The number of hydrogen-bond acceptors (Lipinski definition) is 0. The van der Waals surface area contributed by atoms with E-state index in [0.717, 1.165) is 35.5 Å². The summed E-state index contributed by atoms with van der Waals surface area (Å²) >= 11 is 0. The van der Waals surface area contributed by atoms with Crippen LogP contribution in [0.4, 0.5) is 0 Å². The quantitative estimate of drug-likeness (QED) is 0.395. The van der Waals surface area contributed by atoms with Crippen molar-refractivity contribution in [3.8, 4) is 0 Å². The fraction of sp³-hybridized carbons (Fsp3) is 0.778. The maximum Gasteiger partial charge on any atom is -0.0140 e. The van der Waals surface area contributed by atoms with Crippen molar-refractivity contribution < 1.29 is 0 Å². The molecule has 27 heavy (non-hydrogen) atoms. The highest BCUT2D eigenvalue weighted by Crippen LogP contribution is 2.43. The van der Waals surface area contributed by atoms with E-state index in [0.29, 0.717) is 0 Å².